The molecule has 186 valence electrons. The molecule has 10 heteroatoms. The van der Waals surface area contributed by atoms with Crippen LogP contribution in [0.4, 0.5) is 18.9 Å². The summed E-state index contributed by atoms with van der Waals surface area (Å²) >= 11 is 1.50. The summed E-state index contributed by atoms with van der Waals surface area (Å²) in [5.74, 6) is -0.859. The summed E-state index contributed by atoms with van der Waals surface area (Å²) in [4.78, 5) is 41.3. The number of alkyl halides is 3. The van der Waals surface area contributed by atoms with Crippen molar-refractivity contribution in [2.24, 2.45) is 0 Å². The summed E-state index contributed by atoms with van der Waals surface area (Å²) in [5.41, 5.74) is 0.517. The summed E-state index contributed by atoms with van der Waals surface area (Å²) in [6, 6.07) is 12.3. The van der Waals surface area contributed by atoms with Crippen LogP contribution in [0.2, 0.25) is 0 Å². The molecule has 0 saturated carbocycles. The summed E-state index contributed by atoms with van der Waals surface area (Å²) in [7, 11) is 0. The molecule has 2 atom stereocenters. The van der Waals surface area contributed by atoms with Crippen LogP contribution in [-0.4, -0.2) is 41.2 Å². The Morgan fingerprint density at radius 3 is 2.64 bits per heavy atom. The molecule has 2 N–H and O–H groups in total. The second-order valence-corrected chi connectivity index (χ2v) is 9.92. The monoisotopic (exact) mass is 513 g/mol. The number of anilines is 1. The van der Waals surface area contributed by atoms with Crippen molar-refractivity contribution in [2.75, 3.05) is 11.9 Å². The molecule has 1 saturated heterocycles. The van der Waals surface area contributed by atoms with Crippen LogP contribution >= 0.6 is 11.3 Å². The molecule has 0 unspecified atom stereocenters. The first-order valence-electron chi connectivity index (χ1n) is 11.4. The Balaban J connectivity index is 1.35. The van der Waals surface area contributed by atoms with Gasteiger partial charge in [-0.05, 0) is 59.7 Å². The molecule has 3 amide bonds. The average molecular weight is 514 g/mol. The molecule has 3 aromatic rings. The van der Waals surface area contributed by atoms with E-state index in [1.54, 1.807) is 18.2 Å². The van der Waals surface area contributed by atoms with Gasteiger partial charge in [0.1, 0.15) is 6.04 Å². The van der Waals surface area contributed by atoms with Gasteiger partial charge in [0.25, 0.3) is 5.91 Å². The first-order valence-corrected chi connectivity index (χ1v) is 12.3. The number of carbonyl (C=O) groups excluding carboxylic acids is 3. The molecule has 1 aromatic heterocycles. The highest BCUT2D eigenvalue weighted by molar-refractivity contribution is 7.10. The predicted molar refractivity (Wildman–Crippen MR) is 130 cm³/mol. The maximum Gasteiger partial charge on any atom is 0.416 e. The van der Waals surface area contributed by atoms with E-state index in [4.69, 9.17) is 0 Å². The van der Waals surface area contributed by atoms with E-state index in [0.29, 0.717) is 23.2 Å². The Hall–Kier alpha value is -3.66. The summed E-state index contributed by atoms with van der Waals surface area (Å²) in [6.07, 6.45) is -3.45. The lowest BCUT2D eigenvalue weighted by molar-refractivity contribution is -0.137. The zero-order valence-electron chi connectivity index (χ0n) is 19.0. The van der Waals surface area contributed by atoms with Gasteiger partial charge in [-0.25, -0.2) is 0 Å². The van der Waals surface area contributed by atoms with E-state index >= 15 is 0 Å². The second-order valence-electron chi connectivity index (χ2n) is 8.89. The van der Waals surface area contributed by atoms with Crippen LogP contribution < -0.4 is 10.6 Å². The summed E-state index contributed by atoms with van der Waals surface area (Å²) < 4.78 is 39.5. The quantitative estimate of drug-likeness (QED) is 0.530. The van der Waals surface area contributed by atoms with Crippen LogP contribution in [0.15, 0.2) is 60.0 Å². The number of carbonyl (C=O) groups is 3. The second kappa shape index (κ2) is 9.42. The number of hydrogen-bond donors (Lipinski definition) is 2. The Labute approximate surface area is 209 Å². The third-order valence-electron chi connectivity index (χ3n) is 6.48. The summed E-state index contributed by atoms with van der Waals surface area (Å²) in [5, 5.41) is 7.66. The number of halogens is 3. The Morgan fingerprint density at radius 2 is 1.89 bits per heavy atom. The van der Waals surface area contributed by atoms with Gasteiger partial charge in [0, 0.05) is 17.5 Å². The summed E-state index contributed by atoms with van der Waals surface area (Å²) in [6.45, 7) is 0.272. The number of nitrogens with zero attached hydrogens (tertiary/aromatic N) is 1. The predicted octanol–water partition coefficient (Wildman–Crippen LogP) is 4.72. The van der Waals surface area contributed by atoms with Crippen LogP contribution in [0.25, 0.3) is 11.1 Å². The minimum atomic E-state index is -4.48. The molecular formula is C26H22F3N3O3S. The molecule has 0 spiro atoms. The minimum Gasteiger partial charge on any atom is -0.353 e. The molecule has 2 aliphatic rings. The molecule has 6 nitrogen and oxygen atoms in total. The van der Waals surface area contributed by atoms with E-state index in [1.165, 1.54) is 28.4 Å². The third kappa shape index (κ3) is 4.86. The van der Waals surface area contributed by atoms with E-state index in [1.807, 2.05) is 17.5 Å². The van der Waals surface area contributed by atoms with Crippen LogP contribution in [0, 0.1) is 0 Å². The van der Waals surface area contributed by atoms with E-state index in [-0.39, 0.29) is 48.7 Å². The lowest BCUT2D eigenvalue weighted by atomic mass is 9.95. The number of fused-ring (bicyclic) bond motifs is 2. The van der Waals surface area contributed by atoms with Crippen molar-refractivity contribution in [3.8, 4) is 11.1 Å². The normalized spacial score (nSPS) is 19.7. The molecule has 5 rings (SSSR count). The van der Waals surface area contributed by atoms with Gasteiger partial charge in [0.15, 0.2) is 0 Å². The zero-order valence-corrected chi connectivity index (χ0v) is 19.8. The van der Waals surface area contributed by atoms with E-state index in [9.17, 15) is 27.6 Å². The Morgan fingerprint density at radius 1 is 1.08 bits per heavy atom. The first kappa shape index (κ1) is 24.1. The topological polar surface area (TPSA) is 78.5 Å². The van der Waals surface area contributed by atoms with Crippen molar-refractivity contribution in [1.29, 1.82) is 0 Å². The highest BCUT2D eigenvalue weighted by atomic mass is 32.1. The fraction of sp³-hybridized carbons (Fsp3) is 0.269. The number of thiophene rings is 1. The van der Waals surface area contributed by atoms with Crippen LogP contribution in [0.5, 0.6) is 0 Å². The van der Waals surface area contributed by atoms with Crippen LogP contribution in [0.3, 0.4) is 0 Å². The molecule has 0 bridgehead atoms. The van der Waals surface area contributed by atoms with Crippen molar-refractivity contribution in [1.82, 2.24) is 10.2 Å². The van der Waals surface area contributed by atoms with Crippen molar-refractivity contribution < 1.29 is 27.6 Å². The van der Waals surface area contributed by atoms with Gasteiger partial charge in [-0.3, -0.25) is 14.4 Å². The van der Waals surface area contributed by atoms with Gasteiger partial charge < -0.3 is 15.5 Å². The number of nitrogens with one attached hydrogen (secondary N) is 2. The Bertz CT molecular complexity index is 1320. The fourth-order valence-electron chi connectivity index (χ4n) is 4.69. The lowest BCUT2D eigenvalue weighted by Crippen LogP contribution is -2.55. The van der Waals surface area contributed by atoms with Crippen LogP contribution in [-0.2, 0) is 22.2 Å². The van der Waals surface area contributed by atoms with Crippen LogP contribution in [0.1, 0.15) is 33.6 Å². The lowest BCUT2D eigenvalue weighted by Gasteiger charge is -2.37. The van der Waals surface area contributed by atoms with Crippen molar-refractivity contribution in [3.05, 3.63) is 76.0 Å². The SMILES string of the molecule is O=C(Cc1cccs1)N[C@H]1CCN2C(=O)c3cc(-c4cccc(C(F)(F)F)c4)ccc3NC(=O)[C@@H]2C1. The molecule has 0 radical (unpaired) electrons. The van der Waals surface area contributed by atoms with Gasteiger partial charge in [-0.2, -0.15) is 13.2 Å². The smallest absolute Gasteiger partial charge is 0.353 e. The van der Waals surface area contributed by atoms with E-state index in [2.05, 4.69) is 10.6 Å². The molecule has 2 aromatic carbocycles. The largest absolute Gasteiger partial charge is 0.416 e. The van der Waals surface area contributed by atoms with E-state index < -0.39 is 17.8 Å². The molecule has 2 aliphatic heterocycles. The third-order valence-corrected chi connectivity index (χ3v) is 7.35. The van der Waals surface area contributed by atoms with Gasteiger partial charge in [-0.15, -0.1) is 11.3 Å². The highest BCUT2D eigenvalue weighted by Gasteiger charge is 2.40. The van der Waals surface area contributed by atoms with Gasteiger partial charge >= 0.3 is 6.18 Å². The van der Waals surface area contributed by atoms with Gasteiger partial charge in [-0.1, -0.05) is 24.3 Å². The average Bonchev–Trinajstić information content (AvgIpc) is 3.33. The van der Waals surface area contributed by atoms with Crippen molar-refractivity contribution >= 4 is 34.7 Å². The maximum absolute atomic E-state index is 13.4. The Kier molecular flexibility index (Phi) is 6.29. The number of hydrogen-bond acceptors (Lipinski definition) is 4. The minimum absolute atomic E-state index is 0.134. The number of rotatable bonds is 4. The molecule has 1 fully saturated rings. The van der Waals surface area contributed by atoms with Crippen molar-refractivity contribution in [3.63, 3.8) is 0 Å². The molecule has 3 heterocycles. The van der Waals surface area contributed by atoms with Crippen molar-refractivity contribution in [2.45, 2.75) is 37.5 Å². The number of benzene rings is 2. The maximum atomic E-state index is 13.4. The standard InChI is InChI=1S/C26H22F3N3O3S/c27-26(28,29)17-4-1-3-15(11-17)16-6-7-21-20(12-16)25(35)32-9-8-18(13-22(32)24(34)31-21)30-23(33)14-19-5-2-10-36-19/h1-7,10-12,18,22H,8-9,13-14H2,(H,30,33)(H,31,34)/t18-,22-/m0/s1. The number of piperidine rings is 1. The highest BCUT2D eigenvalue weighted by Crippen LogP contribution is 2.35. The molecule has 36 heavy (non-hydrogen) atoms. The fourth-order valence-corrected chi connectivity index (χ4v) is 5.40. The number of amides is 3. The van der Waals surface area contributed by atoms with Gasteiger partial charge in [0.2, 0.25) is 11.8 Å². The molecular weight excluding hydrogens is 491 g/mol. The zero-order chi connectivity index (χ0) is 25.4. The van der Waals surface area contributed by atoms with E-state index in [0.717, 1.165) is 17.0 Å². The molecule has 0 aliphatic carbocycles. The van der Waals surface area contributed by atoms with Gasteiger partial charge in [0.05, 0.1) is 23.2 Å². The first-order chi connectivity index (χ1) is 17.2.